The van der Waals surface area contributed by atoms with Crippen molar-refractivity contribution in [3.63, 3.8) is 0 Å². The molecule has 0 aliphatic rings. The number of ether oxygens (including phenoxy) is 1. The Kier molecular flexibility index (Phi) is 8.26. The number of amides is 1. The third kappa shape index (κ3) is 5.85. The molecular formula is C12H18ClN3O4. The second kappa shape index (κ2) is 9.11. The van der Waals surface area contributed by atoms with E-state index in [9.17, 15) is 14.9 Å². The fourth-order valence-corrected chi connectivity index (χ4v) is 1.35. The van der Waals surface area contributed by atoms with Gasteiger partial charge in [-0.25, -0.2) is 0 Å². The lowest BCUT2D eigenvalue weighted by Crippen LogP contribution is -2.35. The summed E-state index contributed by atoms with van der Waals surface area (Å²) < 4.78 is 5.24. The molecule has 0 aliphatic heterocycles. The van der Waals surface area contributed by atoms with Crippen LogP contribution in [0.5, 0.6) is 5.75 Å². The molecule has 8 heteroatoms. The first-order valence-electron chi connectivity index (χ1n) is 5.80. The number of carbonyl (C=O) groups excluding carboxylic acids is 1. The second-order valence-electron chi connectivity index (χ2n) is 3.96. The number of nitrogens with zero attached hydrogens (tertiary/aromatic N) is 2. The van der Waals surface area contributed by atoms with E-state index in [0.29, 0.717) is 18.8 Å². The largest absolute Gasteiger partial charge is 0.484 e. The molecule has 1 amide bonds. The van der Waals surface area contributed by atoms with E-state index >= 15 is 0 Å². The Balaban J connectivity index is 0.00000361. The number of hydrogen-bond acceptors (Lipinski definition) is 5. The number of nitrogens with one attached hydrogen (secondary N) is 1. The van der Waals surface area contributed by atoms with Crippen molar-refractivity contribution in [1.82, 2.24) is 10.2 Å². The number of rotatable bonds is 7. The van der Waals surface area contributed by atoms with Gasteiger partial charge in [-0.05, 0) is 13.1 Å². The molecule has 0 aromatic heterocycles. The summed E-state index contributed by atoms with van der Waals surface area (Å²) in [5, 5.41) is 13.5. The SMILES string of the molecule is CNCCN(C)C(=O)COc1cccc([N+](=O)[O-])c1.Cl. The zero-order valence-electron chi connectivity index (χ0n) is 11.4. The van der Waals surface area contributed by atoms with Gasteiger partial charge in [-0.2, -0.15) is 0 Å². The van der Waals surface area contributed by atoms with E-state index in [4.69, 9.17) is 4.74 Å². The smallest absolute Gasteiger partial charge is 0.273 e. The van der Waals surface area contributed by atoms with Crippen molar-refractivity contribution in [3.8, 4) is 5.75 Å². The van der Waals surface area contributed by atoms with Gasteiger partial charge in [-0.1, -0.05) is 6.07 Å². The fourth-order valence-electron chi connectivity index (χ4n) is 1.35. The molecule has 1 N–H and O–H groups in total. The summed E-state index contributed by atoms with van der Waals surface area (Å²) in [5.41, 5.74) is -0.0616. The van der Waals surface area contributed by atoms with Crippen LogP contribution < -0.4 is 10.1 Å². The Morgan fingerprint density at radius 2 is 2.20 bits per heavy atom. The standard InChI is InChI=1S/C12H17N3O4.ClH/c1-13-6-7-14(2)12(16)9-19-11-5-3-4-10(8-11)15(17)18;/h3-5,8,13H,6-7,9H2,1-2H3;1H. The molecule has 1 aromatic carbocycles. The van der Waals surface area contributed by atoms with E-state index in [1.54, 1.807) is 20.2 Å². The molecule has 1 aromatic rings. The molecule has 0 heterocycles. The molecule has 0 saturated heterocycles. The second-order valence-corrected chi connectivity index (χ2v) is 3.96. The first-order valence-corrected chi connectivity index (χ1v) is 5.80. The van der Waals surface area contributed by atoms with Gasteiger partial charge >= 0.3 is 0 Å². The van der Waals surface area contributed by atoms with Crippen LogP contribution >= 0.6 is 12.4 Å². The lowest BCUT2D eigenvalue weighted by molar-refractivity contribution is -0.384. The summed E-state index contributed by atoms with van der Waals surface area (Å²) in [6.07, 6.45) is 0. The number of nitro benzene ring substituents is 1. The molecule has 0 atom stereocenters. The first kappa shape index (κ1) is 18.1. The number of hydrogen-bond donors (Lipinski definition) is 1. The molecule has 0 spiro atoms. The van der Waals surface area contributed by atoms with Crippen LogP contribution in [0.1, 0.15) is 0 Å². The van der Waals surface area contributed by atoms with Crippen molar-refractivity contribution in [2.75, 3.05) is 33.8 Å². The maximum absolute atomic E-state index is 11.7. The summed E-state index contributed by atoms with van der Waals surface area (Å²) in [4.78, 5) is 23.3. The van der Waals surface area contributed by atoms with Crippen molar-refractivity contribution in [2.45, 2.75) is 0 Å². The molecule has 0 saturated carbocycles. The van der Waals surface area contributed by atoms with Crippen molar-refractivity contribution < 1.29 is 14.5 Å². The minimum Gasteiger partial charge on any atom is -0.484 e. The maximum Gasteiger partial charge on any atom is 0.273 e. The topological polar surface area (TPSA) is 84.7 Å². The fraction of sp³-hybridized carbons (Fsp3) is 0.417. The number of benzene rings is 1. The van der Waals surface area contributed by atoms with Crippen molar-refractivity contribution in [2.24, 2.45) is 0 Å². The van der Waals surface area contributed by atoms with Crippen LogP contribution in [0.15, 0.2) is 24.3 Å². The molecule has 0 bridgehead atoms. The first-order chi connectivity index (χ1) is 9.04. The number of carbonyl (C=O) groups is 1. The summed E-state index contributed by atoms with van der Waals surface area (Å²) in [7, 11) is 3.48. The van der Waals surface area contributed by atoms with Gasteiger partial charge in [0, 0.05) is 26.2 Å². The Hall–Kier alpha value is -1.86. The van der Waals surface area contributed by atoms with E-state index in [1.807, 2.05) is 0 Å². The van der Waals surface area contributed by atoms with E-state index < -0.39 is 4.92 Å². The molecule has 1 rings (SSSR count). The summed E-state index contributed by atoms with van der Waals surface area (Å²) >= 11 is 0. The summed E-state index contributed by atoms with van der Waals surface area (Å²) in [5.74, 6) is 0.131. The highest BCUT2D eigenvalue weighted by molar-refractivity contribution is 5.85. The monoisotopic (exact) mass is 303 g/mol. The zero-order valence-corrected chi connectivity index (χ0v) is 12.2. The highest BCUT2D eigenvalue weighted by Gasteiger charge is 2.11. The predicted molar refractivity (Wildman–Crippen MR) is 77.4 cm³/mol. The average Bonchev–Trinajstić information content (AvgIpc) is 2.42. The molecule has 0 aliphatic carbocycles. The van der Waals surface area contributed by atoms with Gasteiger partial charge in [0.1, 0.15) is 5.75 Å². The van der Waals surface area contributed by atoms with Crippen LogP contribution in [0.4, 0.5) is 5.69 Å². The Morgan fingerprint density at radius 3 is 2.80 bits per heavy atom. The van der Waals surface area contributed by atoms with Crippen LogP contribution in [0, 0.1) is 10.1 Å². The average molecular weight is 304 g/mol. The lowest BCUT2D eigenvalue weighted by Gasteiger charge is -2.17. The van der Waals surface area contributed by atoms with E-state index in [0.717, 1.165) is 0 Å². The molecule has 112 valence electrons. The number of likely N-dealkylation sites (N-methyl/N-ethyl adjacent to an activating group) is 2. The normalized spacial score (nSPS) is 9.50. The van der Waals surface area contributed by atoms with Gasteiger partial charge in [-0.3, -0.25) is 14.9 Å². The molecule has 0 unspecified atom stereocenters. The van der Waals surface area contributed by atoms with Gasteiger partial charge in [0.15, 0.2) is 6.61 Å². The third-order valence-corrected chi connectivity index (χ3v) is 2.51. The van der Waals surface area contributed by atoms with Gasteiger partial charge in [-0.15, -0.1) is 12.4 Å². The van der Waals surface area contributed by atoms with Crippen LogP contribution in [-0.2, 0) is 4.79 Å². The molecule has 0 radical (unpaired) electrons. The Bertz CT molecular complexity index is 456. The van der Waals surface area contributed by atoms with Crippen LogP contribution in [0.25, 0.3) is 0 Å². The van der Waals surface area contributed by atoms with Crippen molar-refractivity contribution in [1.29, 1.82) is 0 Å². The van der Waals surface area contributed by atoms with Crippen LogP contribution in [0.2, 0.25) is 0 Å². The number of halogens is 1. The molecular weight excluding hydrogens is 286 g/mol. The molecule has 0 fully saturated rings. The van der Waals surface area contributed by atoms with Gasteiger partial charge in [0.05, 0.1) is 11.0 Å². The minimum atomic E-state index is -0.506. The van der Waals surface area contributed by atoms with Crippen molar-refractivity contribution in [3.05, 3.63) is 34.4 Å². The van der Waals surface area contributed by atoms with E-state index in [-0.39, 0.29) is 30.6 Å². The minimum absolute atomic E-state index is 0. The van der Waals surface area contributed by atoms with Gasteiger partial charge in [0.2, 0.25) is 0 Å². The highest BCUT2D eigenvalue weighted by Crippen LogP contribution is 2.18. The third-order valence-electron chi connectivity index (χ3n) is 2.51. The quantitative estimate of drug-likeness (QED) is 0.602. The van der Waals surface area contributed by atoms with Crippen molar-refractivity contribution >= 4 is 24.0 Å². The lowest BCUT2D eigenvalue weighted by atomic mass is 10.3. The summed E-state index contributed by atoms with van der Waals surface area (Å²) in [6.45, 7) is 1.13. The molecule has 7 nitrogen and oxygen atoms in total. The van der Waals surface area contributed by atoms with E-state index in [2.05, 4.69) is 5.32 Å². The maximum atomic E-state index is 11.7. The van der Waals surface area contributed by atoms with Gasteiger partial charge in [0.25, 0.3) is 11.6 Å². The summed E-state index contributed by atoms with van der Waals surface area (Å²) in [6, 6.07) is 5.76. The highest BCUT2D eigenvalue weighted by atomic mass is 35.5. The molecule has 20 heavy (non-hydrogen) atoms. The zero-order chi connectivity index (χ0) is 14.3. The van der Waals surface area contributed by atoms with Crippen LogP contribution in [-0.4, -0.2) is 49.5 Å². The Labute approximate surface area is 123 Å². The van der Waals surface area contributed by atoms with E-state index in [1.165, 1.54) is 23.1 Å². The number of non-ortho nitro benzene ring substituents is 1. The van der Waals surface area contributed by atoms with Crippen LogP contribution in [0.3, 0.4) is 0 Å². The number of nitro groups is 1. The predicted octanol–water partition coefficient (Wildman–Crippen LogP) is 1.07. The van der Waals surface area contributed by atoms with Gasteiger partial charge < -0.3 is 15.0 Å². The Morgan fingerprint density at radius 1 is 1.50 bits per heavy atom.